The minimum atomic E-state index is 0.433. The second-order valence-corrected chi connectivity index (χ2v) is 4.86. The topological polar surface area (TPSA) is 21.3 Å². The zero-order valence-corrected chi connectivity index (χ0v) is 11.1. The van der Waals surface area contributed by atoms with E-state index in [1.54, 1.807) is 7.11 Å². The molecule has 0 bridgehead atoms. The van der Waals surface area contributed by atoms with Crippen molar-refractivity contribution in [2.75, 3.05) is 26.0 Å². The van der Waals surface area contributed by atoms with E-state index in [0.29, 0.717) is 6.04 Å². The maximum absolute atomic E-state index is 5.03. The lowest BCUT2D eigenvalue weighted by atomic mass is 10.1. The molecule has 1 unspecified atom stereocenters. The predicted molar refractivity (Wildman–Crippen MR) is 71.1 cm³/mol. The lowest BCUT2D eigenvalue weighted by Gasteiger charge is -2.12. The van der Waals surface area contributed by atoms with E-state index in [-0.39, 0.29) is 0 Å². The summed E-state index contributed by atoms with van der Waals surface area (Å²) in [5.74, 6) is 1.01. The van der Waals surface area contributed by atoms with Crippen LogP contribution in [0.25, 0.3) is 0 Å². The molecule has 0 fully saturated rings. The molecule has 1 aromatic rings. The van der Waals surface area contributed by atoms with Gasteiger partial charge in [-0.05, 0) is 31.2 Å². The van der Waals surface area contributed by atoms with E-state index >= 15 is 0 Å². The number of hydrogen-bond acceptors (Lipinski definition) is 3. The normalized spacial score (nSPS) is 12.7. The van der Waals surface area contributed by atoms with Crippen molar-refractivity contribution < 1.29 is 4.74 Å². The summed E-state index contributed by atoms with van der Waals surface area (Å²) in [5.41, 5.74) is 1.35. The summed E-state index contributed by atoms with van der Waals surface area (Å²) < 4.78 is 5.03. The van der Waals surface area contributed by atoms with Gasteiger partial charge in [0.2, 0.25) is 0 Å². The molecule has 1 aromatic carbocycles. The second kappa shape index (κ2) is 7.71. The molecule has 0 amide bonds. The average molecular weight is 239 g/mol. The molecule has 0 aliphatic rings. The zero-order chi connectivity index (χ0) is 11.8. The van der Waals surface area contributed by atoms with Crippen molar-refractivity contribution in [2.45, 2.75) is 24.8 Å². The summed E-state index contributed by atoms with van der Waals surface area (Å²) in [5, 5.41) is 3.41. The molecule has 2 nitrogen and oxygen atoms in total. The number of benzene rings is 1. The zero-order valence-electron chi connectivity index (χ0n) is 10.3. The summed E-state index contributed by atoms with van der Waals surface area (Å²) >= 11 is 1.83. The maximum atomic E-state index is 5.03. The molecule has 16 heavy (non-hydrogen) atoms. The fourth-order valence-electron chi connectivity index (χ4n) is 1.52. The Hall–Kier alpha value is -0.510. The fraction of sp³-hybridized carbons (Fsp3) is 0.538. The highest BCUT2D eigenvalue weighted by Crippen LogP contribution is 2.20. The third kappa shape index (κ3) is 4.56. The van der Waals surface area contributed by atoms with E-state index in [2.05, 4.69) is 43.4 Å². The predicted octanol–water partition coefficient (Wildman–Crippen LogP) is 3.10. The van der Waals surface area contributed by atoms with Crippen LogP contribution >= 0.6 is 11.8 Å². The fourth-order valence-corrected chi connectivity index (χ4v) is 2.33. The second-order valence-electron chi connectivity index (χ2n) is 3.69. The van der Waals surface area contributed by atoms with Crippen LogP contribution in [0.2, 0.25) is 0 Å². The SMILES string of the molecule is CCNC(C)c1ccc(SCCOC)cc1. The first-order chi connectivity index (χ1) is 7.77. The molecular weight excluding hydrogens is 218 g/mol. The van der Waals surface area contributed by atoms with Crippen molar-refractivity contribution in [1.82, 2.24) is 5.32 Å². The molecule has 0 heterocycles. The van der Waals surface area contributed by atoms with Crippen molar-refractivity contribution in [3.63, 3.8) is 0 Å². The van der Waals surface area contributed by atoms with Gasteiger partial charge in [0.25, 0.3) is 0 Å². The third-order valence-electron chi connectivity index (χ3n) is 2.45. The Morgan fingerprint density at radius 2 is 2.00 bits per heavy atom. The van der Waals surface area contributed by atoms with E-state index in [4.69, 9.17) is 4.74 Å². The molecule has 0 radical (unpaired) electrons. The molecule has 0 spiro atoms. The van der Waals surface area contributed by atoms with Crippen molar-refractivity contribution in [2.24, 2.45) is 0 Å². The number of ether oxygens (including phenoxy) is 1. The molecule has 0 saturated heterocycles. The Kier molecular flexibility index (Phi) is 6.53. The summed E-state index contributed by atoms with van der Waals surface area (Å²) in [6.07, 6.45) is 0. The number of thioether (sulfide) groups is 1. The first-order valence-electron chi connectivity index (χ1n) is 5.73. The lowest BCUT2D eigenvalue weighted by molar-refractivity contribution is 0.218. The van der Waals surface area contributed by atoms with Crippen molar-refractivity contribution in [1.29, 1.82) is 0 Å². The van der Waals surface area contributed by atoms with Gasteiger partial charge in [-0.2, -0.15) is 0 Å². The van der Waals surface area contributed by atoms with E-state index in [1.807, 2.05) is 11.8 Å². The molecule has 0 aliphatic heterocycles. The number of rotatable bonds is 7. The van der Waals surface area contributed by atoms with Crippen molar-refractivity contribution in [3.05, 3.63) is 29.8 Å². The molecule has 3 heteroatoms. The van der Waals surface area contributed by atoms with Gasteiger partial charge in [-0.15, -0.1) is 11.8 Å². The molecule has 0 saturated carbocycles. The van der Waals surface area contributed by atoms with Crippen LogP contribution in [0.4, 0.5) is 0 Å². The first-order valence-corrected chi connectivity index (χ1v) is 6.71. The van der Waals surface area contributed by atoms with E-state index in [9.17, 15) is 0 Å². The van der Waals surface area contributed by atoms with Crippen LogP contribution in [0.1, 0.15) is 25.5 Å². The van der Waals surface area contributed by atoms with Gasteiger partial charge in [-0.3, -0.25) is 0 Å². The van der Waals surface area contributed by atoms with Gasteiger partial charge in [0.1, 0.15) is 0 Å². The van der Waals surface area contributed by atoms with Crippen LogP contribution in [-0.4, -0.2) is 26.0 Å². The molecule has 90 valence electrons. The molecule has 1 rings (SSSR count). The van der Waals surface area contributed by atoms with Crippen LogP contribution in [0, 0.1) is 0 Å². The molecule has 1 N–H and O–H groups in total. The Morgan fingerprint density at radius 3 is 2.56 bits per heavy atom. The van der Waals surface area contributed by atoms with Crippen LogP contribution in [0.5, 0.6) is 0 Å². The summed E-state index contributed by atoms with van der Waals surface area (Å²) in [6.45, 7) is 6.13. The Labute approximate surface area is 103 Å². The smallest absolute Gasteiger partial charge is 0.0556 e. The van der Waals surface area contributed by atoms with Crippen molar-refractivity contribution in [3.8, 4) is 0 Å². The van der Waals surface area contributed by atoms with Crippen LogP contribution in [0.3, 0.4) is 0 Å². The maximum Gasteiger partial charge on any atom is 0.0556 e. The highest BCUT2D eigenvalue weighted by Gasteiger charge is 2.02. The van der Waals surface area contributed by atoms with E-state index < -0.39 is 0 Å². The summed E-state index contributed by atoms with van der Waals surface area (Å²) in [4.78, 5) is 1.31. The summed E-state index contributed by atoms with van der Waals surface area (Å²) in [6, 6.07) is 9.20. The number of hydrogen-bond donors (Lipinski definition) is 1. The van der Waals surface area contributed by atoms with Gasteiger partial charge in [-0.1, -0.05) is 19.1 Å². The van der Waals surface area contributed by atoms with Gasteiger partial charge >= 0.3 is 0 Å². The Morgan fingerprint density at radius 1 is 1.31 bits per heavy atom. The minimum absolute atomic E-state index is 0.433. The lowest BCUT2D eigenvalue weighted by Crippen LogP contribution is -2.17. The van der Waals surface area contributed by atoms with E-state index in [0.717, 1.165) is 18.9 Å². The number of methoxy groups -OCH3 is 1. The highest BCUT2D eigenvalue weighted by atomic mass is 32.2. The molecule has 0 aromatic heterocycles. The van der Waals surface area contributed by atoms with E-state index in [1.165, 1.54) is 10.5 Å². The monoisotopic (exact) mass is 239 g/mol. The minimum Gasteiger partial charge on any atom is -0.384 e. The third-order valence-corrected chi connectivity index (χ3v) is 3.42. The van der Waals surface area contributed by atoms with Gasteiger partial charge in [-0.25, -0.2) is 0 Å². The quantitative estimate of drug-likeness (QED) is 0.583. The van der Waals surface area contributed by atoms with Crippen LogP contribution < -0.4 is 5.32 Å². The molecule has 1 atom stereocenters. The van der Waals surface area contributed by atoms with Gasteiger partial charge in [0.05, 0.1) is 6.61 Å². The van der Waals surface area contributed by atoms with Crippen LogP contribution in [-0.2, 0) is 4.74 Å². The standard InChI is InChI=1S/C13H21NOS/c1-4-14-11(2)12-5-7-13(8-6-12)16-10-9-15-3/h5-8,11,14H,4,9-10H2,1-3H3. The summed E-state index contributed by atoms with van der Waals surface area (Å²) in [7, 11) is 1.74. The van der Waals surface area contributed by atoms with Crippen molar-refractivity contribution >= 4 is 11.8 Å². The Balaban J connectivity index is 2.47. The first kappa shape index (κ1) is 13.6. The Bertz CT molecular complexity index is 286. The average Bonchev–Trinajstić information content (AvgIpc) is 2.30. The molecular formula is C13H21NOS. The largest absolute Gasteiger partial charge is 0.384 e. The van der Waals surface area contributed by atoms with Gasteiger partial charge in [0, 0.05) is 23.8 Å². The van der Waals surface area contributed by atoms with Crippen LogP contribution in [0.15, 0.2) is 29.2 Å². The van der Waals surface area contributed by atoms with Gasteiger partial charge < -0.3 is 10.1 Å². The molecule has 0 aliphatic carbocycles. The van der Waals surface area contributed by atoms with Gasteiger partial charge in [0.15, 0.2) is 0 Å². The number of nitrogens with one attached hydrogen (secondary N) is 1. The highest BCUT2D eigenvalue weighted by molar-refractivity contribution is 7.99.